The van der Waals surface area contributed by atoms with Crippen molar-refractivity contribution < 1.29 is 23.8 Å². The van der Waals surface area contributed by atoms with Gasteiger partial charge in [0.2, 0.25) is 0 Å². The lowest BCUT2D eigenvalue weighted by atomic mass is 9.94. The summed E-state index contributed by atoms with van der Waals surface area (Å²) in [7, 11) is 1.34. The molecule has 1 aliphatic rings. The number of ether oxygens (including phenoxy) is 3. The van der Waals surface area contributed by atoms with Crippen LogP contribution in [0.5, 0.6) is 0 Å². The average Bonchev–Trinajstić information content (AvgIpc) is 2.93. The quantitative estimate of drug-likeness (QED) is 0.678. The van der Waals surface area contributed by atoms with E-state index in [1.807, 2.05) is 13.8 Å². The van der Waals surface area contributed by atoms with Gasteiger partial charge in [0.25, 0.3) is 5.56 Å². The second kappa shape index (κ2) is 8.52. The van der Waals surface area contributed by atoms with Crippen LogP contribution >= 0.6 is 0 Å². The molecule has 0 aromatic carbocycles. The van der Waals surface area contributed by atoms with Crippen molar-refractivity contribution in [3.63, 3.8) is 0 Å². The number of nitrogens with zero attached hydrogens (tertiary/aromatic N) is 2. The molecule has 1 aliphatic heterocycles. The van der Waals surface area contributed by atoms with Crippen molar-refractivity contribution in [3.05, 3.63) is 32.6 Å². The molecule has 1 unspecified atom stereocenters. The largest absolute Gasteiger partial charge is 0.459 e. The second-order valence-corrected chi connectivity index (χ2v) is 8.45. The zero-order valence-electron chi connectivity index (χ0n) is 18.1. The van der Waals surface area contributed by atoms with Gasteiger partial charge in [0.05, 0.1) is 17.1 Å². The van der Waals surface area contributed by atoms with Crippen molar-refractivity contribution in [3.8, 4) is 0 Å². The summed E-state index contributed by atoms with van der Waals surface area (Å²) in [5.41, 5.74) is -1.72. The van der Waals surface area contributed by atoms with Crippen molar-refractivity contribution in [2.75, 3.05) is 0 Å². The third-order valence-corrected chi connectivity index (χ3v) is 5.06. The summed E-state index contributed by atoms with van der Waals surface area (Å²) < 4.78 is 18.8. The molecule has 0 aliphatic carbocycles. The SMILES string of the molecule is CC[C@H]1O[C@@H](c2cn(COC(=O)C(C)(C)C)c(=O)n(C)c2=O)[C@@H](OC(C)=O)C1C. The average molecular weight is 410 g/mol. The normalized spacial score (nSPS) is 24.4. The molecule has 0 radical (unpaired) electrons. The Morgan fingerprint density at radius 2 is 1.86 bits per heavy atom. The molecule has 29 heavy (non-hydrogen) atoms. The van der Waals surface area contributed by atoms with Gasteiger partial charge in [-0.3, -0.25) is 23.5 Å². The third-order valence-electron chi connectivity index (χ3n) is 5.06. The van der Waals surface area contributed by atoms with E-state index in [1.165, 1.54) is 20.2 Å². The summed E-state index contributed by atoms with van der Waals surface area (Å²) in [6.45, 7) is 9.90. The van der Waals surface area contributed by atoms with E-state index >= 15 is 0 Å². The van der Waals surface area contributed by atoms with E-state index in [1.54, 1.807) is 20.8 Å². The highest BCUT2D eigenvalue weighted by molar-refractivity contribution is 5.75. The number of hydrogen-bond acceptors (Lipinski definition) is 7. The summed E-state index contributed by atoms with van der Waals surface area (Å²) in [6, 6.07) is 0. The molecular formula is C20H30N2O7. The Balaban J connectivity index is 2.45. The molecule has 2 heterocycles. The maximum atomic E-state index is 12.8. The minimum Gasteiger partial charge on any atom is -0.459 e. The minimum absolute atomic E-state index is 0.127. The Bertz CT molecular complexity index is 894. The molecule has 9 heteroatoms. The Hall–Kier alpha value is -2.42. The van der Waals surface area contributed by atoms with Crippen molar-refractivity contribution in [1.82, 2.24) is 9.13 Å². The molecule has 0 amide bonds. The van der Waals surface area contributed by atoms with Gasteiger partial charge >= 0.3 is 17.6 Å². The second-order valence-electron chi connectivity index (χ2n) is 8.45. The lowest BCUT2D eigenvalue weighted by Crippen LogP contribution is -2.42. The molecule has 4 atom stereocenters. The van der Waals surface area contributed by atoms with Gasteiger partial charge in [-0.05, 0) is 27.2 Å². The molecule has 9 nitrogen and oxygen atoms in total. The van der Waals surface area contributed by atoms with Crippen LogP contribution in [0, 0.1) is 11.3 Å². The molecular weight excluding hydrogens is 380 g/mol. The number of hydrogen-bond donors (Lipinski definition) is 0. The zero-order chi connectivity index (χ0) is 22.1. The minimum atomic E-state index is -0.817. The molecule has 0 saturated carbocycles. The highest BCUT2D eigenvalue weighted by Gasteiger charge is 2.45. The smallest absolute Gasteiger partial charge is 0.333 e. The first-order valence-electron chi connectivity index (χ1n) is 9.68. The van der Waals surface area contributed by atoms with Crippen LogP contribution in [0.3, 0.4) is 0 Å². The Morgan fingerprint density at radius 3 is 2.38 bits per heavy atom. The lowest BCUT2D eigenvalue weighted by molar-refractivity contribution is -0.157. The topological polar surface area (TPSA) is 106 Å². The van der Waals surface area contributed by atoms with E-state index in [-0.39, 0.29) is 24.3 Å². The van der Waals surface area contributed by atoms with Gasteiger partial charge in [-0.1, -0.05) is 13.8 Å². The van der Waals surface area contributed by atoms with Crippen molar-refractivity contribution in [2.45, 2.75) is 73.0 Å². The van der Waals surface area contributed by atoms with Gasteiger partial charge in [0.1, 0.15) is 12.2 Å². The lowest BCUT2D eigenvalue weighted by Gasteiger charge is -2.22. The van der Waals surface area contributed by atoms with Crippen LogP contribution in [0.4, 0.5) is 0 Å². The molecule has 1 aromatic heterocycles. The van der Waals surface area contributed by atoms with E-state index < -0.39 is 40.8 Å². The Labute approximate surface area is 169 Å². The van der Waals surface area contributed by atoms with E-state index in [0.29, 0.717) is 6.42 Å². The molecule has 0 bridgehead atoms. The summed E-state index contributed by atoms with van der Waals surface area (Å²) in [5, 5.41) is 0. The molecule has 1 fully saturated rings. The van der Waals surface area contributed by atoms with E-state index in [4.69, 9.17) is 14.2 Å². The summed E-state index contributed by atoms with van der Waals surface area (Å²) >= 11 is 0. The number of esters is 2. The van der Waals surface area contributed by atoms with Gasteiger partial charge in [0.15, 0.2) is 6.73 Å². The highest BCUT2D eigenvalue weighted by atomic mass is 16.6. The molecule has 2 rings (SSSR count). The van der Waals surface area contributed by atoms with Gasteiger partial charge in [-0.15, -0.1) is 0 Å². The van der Waals surface area contributed by atoms with Crippen LogP contribution in [-0.4, -0.2) is 33.3 Å². The number of aromatic nitrogens is 2. The van der Waals surface area contributed by atoms with Gasteiger partial charge in [-0.25, -0.2) is 4.79 Å². The monoisotopic (exact) mass is 410 g/mol. The first-order valence-corrected chi connectivity index (χ1v) is 9.68. The predicted molar refractivity (Wildman–Crippen MR) is 104 cm³/mol. The zero-order valence-corrected chi connectivity index (χ0v) is 18.1. The summed E-state index contributed by atoms with van der Waals surface area (Å²) in [6.07, 6.45) is 0.328. The number of rotatable bonds is 5. The van der Waals surface area contributed by atoms with E-state index in [9.17, 15) is 19.2 Å². The molecule has 162 valence electrons. The Morgan fingerprint density at radius 1 is 1.24 bits per heavy atom. The van der Waals surface area contributed by atoms with E-state index in [2.05, 4.69) is 0 Å². The fourth-order valence-electron chi connectivity index (χ4n) is 3.34. The summed E-state index contributed by atoms with van der Waals surface area (Å²) in [5.74, 6) is -1.08. The van der Waals surface area contributed by atoms with Crippen LogP contribution < -0.4 is 11.2 Å². The number of carbonyl (C=O) groups is 2. The van der Waals surface area contributed by atoms with Crippen molar-refractivity contribution in [1.29, 1.82) is 0 Å². The van der Waals surface area contributed by atoms with Crippen LogP contribution in [-0.2, 0) is 37.6 Å². The fourth-order valence-corrected chi connectivity index (χ4v) is 3.34. The first kappa shape index (κ1) is 22.9. The Kier molecular flexibility index (Phi) is 6.72. The maximum Gasteiger partial charge on any atom is 0.333 e. The van der Waals surface area contributed by atoms with Gasteiger partial charge in [0, 0.05) is 26.1 Å². The fraction of sp³-hybridized carbons (Fsp3) is 0.700. The molecule has 1 saturated heterocycles. The molecule has 1 aromatic rings. The summed E-state index contributed by atoms with van der Waals surface area (Å²) in [4.78, 5) is 48.9. The molecule has 0 N–H and O–H groups in total. The van der Waals surface area contributed by atoms with Crippen molar-refractivity contribution in [2.24, 2.45) is 18.4 Å². The predicted octanol–water partition coefficient (Wildman–Crippen LogP) is 1.51. The maximum absolute atomic E-state index is 12.8. The van der Waals surface area contributed by atoms with Crippen LogP contribution in [0.2, 0.25) is 0 Å². The van der Waals surface area contributed by atoms with E-state index in [0.717, 1.165) is 9.13 Å². The standard InChI is InChI=1S/C20H30N2O7/c1-8-14-11(2)15(28-12(3)23)16(29-14)13-9-22(19(26)21(7)17(13)24)10-27-18(25)20(4,5)6/h9,11,14-16H,8,10H2,1-7H3/t11?,14-,15+,16+/m1/s1. The van der Waals surface area contributed by atoms with Crippen molar-refractivity contribution >= 4 is 11.9 Å². The van der Waals surface area contributed by atoms with Crippen LogP contribution in [0.25, 0.3) is 0 Å². The highest BCUT2D eigenvalue weighted by Crippen LogP contribution is 2.39. The molecule has 0 spiro atoms. The van der Waals surface area contributed by atoms with Gasteiger partial charge < -0.3 is 14.2 Å². The third kappa shape index (κ3) is 4.77. The number of carbonyl (C=O) groups excluding carboxylic acids is 2. The first-order chi connectivity index (χ1) is 13.4. The van der Waals surface area contributed by atoms with Crippen LogP contribution in [0.15, 0.2) is 15.8 Å². The van der Waals surface area contributed by atoms with Gasteiger partial charge in [-0.2, -0.15) is 0 Å². The van der Waals surface area contributed by atoms with Crippen LogP contribution in [0.1, 0.15) is 59.6 Å².